The predicted molar refractivity (Wildman–Crippen MR) is 55.9 cm³/mol. The van der Waals surface area contributed by atoms with E-state index in [2.05, 4.69) is 19.9 Å². The van der Waals surface area contributed by atoms with E-state index < -0.39 is 0 Å². The fourth-order valence-electron chi connectivity index (χ4n) is 1.13. The zero-order valence-corrected chi connectivity index (χ0v) is 8.61. The maximum Gasteiger partial charge on any atom is 0.00583 e. The minimum Gasteiger partial charge on any atom is -0.310 e. The SMILES string of the molecule is CCCC=C(C)CCCC(C)=N. The van der Waals surface area contributed by atoms with Crippen molar-refractivity contribution in [1.29, 1.82) is 5.41 Å². The van der Waals surface area contributed by atoms with E-state index in [1.807, 2.05) is 6.92 Å². The first-order valence-corrected chi connectivity index (χ1v) is 4.86. The standard InChI is InChI=1S/C11H21N/c1-4-5-7-10(2)8-6-9-11(3)12/h7,12H,4-6,8-9H2,1-3H3. The largest absolute Gasteiger partial charge is 0.310 e. The second-order valence-electron chi connectivity index (χ2n) is 3.47. The van der Waals surface area contributed by atoms with Crippen molar-refractivity contribution in [3.8, 4) is 0 Å². The maximum atomic E-state index is 7.26. The molecule has 0 heterocycles. The highest BCUT2D eigenvalue weighted by atomic mass is 14.4. The number of allylic oxidation sites excluding steroid dienone is 2. The summed E-state index contributed by atoms with van der Waals surface area (Å²) >= 11 is 0. The number of hydrogen-bond donors (Lipinski definition) is 1. The molecule has 0 amide bonds. The molecule has 0 radical (unpaired) electrons. The highest BCUT2D eigenvalue weighted by Crippen LogP contribution is 2.08. The van der Waals surface area contributed by atoms with Crippen LogP contribution in [-0.4, -0.2) is 5.71 Å². The molecule has 1 heteroatoms. The second-order valence-corrected chi connectivity index (χ2v) is 3.47. The van der Waals surface area contributed by atoms with Gasteiger partial charge in [-0.25, -0.2) is 0 Å². The lowest BCUT2D eigenvalue weighted by Gasteiger charge is -2.00. The Labute approximate surface area is 76.4 Å². The van der Waals surface area contributed by atoms with Crippen LogP contribution in [0.25, 0.3) is 0 Å². The number of unbranched alkanes of at least 4 members (excludes halogenated alkanes) is 1. The van der Waals surface area contributed by atoms with Gasteiger partial charge in [-0.2, -0.15) is 0 Å². The minimum absolute atomic E-state index is 0.804. The van der Waals surface area contributed by atoms with Crippen LogP contribution in [0.3, 0.4) is 0 Å². The first kappa shape index (κ1) is 11.4. The van der Waals surface area contributed by atoms with E-state index in [9.17, 15) is 0 Å². The fourth-order valence-corrected chi connectivity index (χ4v) is 1.13. The minimum atomic E-state index is 0.804. The lowest BCUT2D eigenvalue weighted by Crippen LogP contribution is -1.88. The molecule has 0 saturated heterocycles. The van der Waals surface area contributed by atoms with Crippen LogP contribution >= 0.6 is 0 Å². The van der Waals surface area contributed by atoms with Gasteiger partial charge in [0.15, 0.2) is 0 Å². The van der Waals surface area contributed by atoms with Crippen LogP contribution in [0, 0.1) is 5.41 Å². The summed E-state index contributed by atoms with van der Waals surface area (Å²) < 4.78 is 0. The van der Waals surface area contributed by atoms with Crippen molar-refractivity contribution >= 4 is 5.71 Å². The Kier molecular flexibility index (Phi) is 6.73. The Morgan fingerprint density at radius 3 is 2.42 bits per heavy atom. The first-order valence-electron chi connectivity index (χ1n) is 4.86. The van der Waals surface area contributed by atoms with Crippen LogP contribution in [-0.2, 0) is 0 Å². The molecule has 0 aromatic heterocycles. The van der Waals surface area contributed by atoms with Crippen LogP contribution in [0.15, 0.2) is 11.6 Å². The summed E-state index contributed by atoms with van der Waals surface area (Å²) in [5.41, 5.74) is 2.29. The van der Waals surface area contributed by atoms with Crippen molar-refractivity contribution < 1.29 is 0 Å². The van der Waals surface area contributed by atoms with Gasteiger partial charge < -0.3 is 5.41 Å². The Balaban J connectivity index is 3.42. The Bertz CT molecular complexity index is 156. The second kappa shape index (κ2) is 7.08. The molecule has 0 unspecified atom stereocenters. The van der Waals surface area contributed by atoms with Gasteiger partial charge in [0.05, 0.1) is 0 Å². The molecule has 70 valence electrons. The average molecular weight is 167 g/mol. The summed E-state index contributed by atoms with van der Waals surface area (Å²) in [5.74, 6) is 0. The van der Waals surface area contributed by atoms with Gasteiger partial charge in [0.1, 0.15) is 0 Å². The topological polar surface area (TPSA) is 23.9 Å². The quantitative estimate of drug-likeness (QED) is 0.457. The molecule has 0 aromatic carbocycles. The molecular weight excluding hydrogens is 146 g/mol. The third-order valence-corrected chi connectivity index (χ3v) is 1.90. The predicted octanol–water partition coefficient (Wildman–Crippen LogP) is 3.94. The number of rotatable bonds is 6. The van der Waals surface area contributed by atoms with Crippen molar-refractivity contribution in [2.45, 2.75) is 52.9 Å². The molecular formula is C11H21N. The zero-order chi connectivity index (χ0) is 9.40. The smallest absolute Gasteiger partial charge is 0.00583 e. The summed E-state index contributed by atoms with van der Waals surface area (Å²) in [6.45, 7) is 6.27. The highest BCUT2D eigenvalue weighted by molar-refractivity contribution is 5.78. The molecule has 0 aliphatic rings. The summed E-state index contributed by atoms with van der Waals surface area (Å²) in [7, 11) is 0. The lowest BCUT2D eigenvalue weighted by atomic mass is 10.1. The van der Waals surface area contributed by atoms with Crippen molar-refractivity contribution in [1.82, 2.24) is 0 Å². The molecule has 0 rings (SSSR count). The molecule has 1 nitrogen and oxygen atoms in total. The monoisotopic (exact) mass is 167 g/mol. The van der Waals surface area contributed by atoms with E-state index in [-0.39, 0.29) is 0 Å². The Hall–Kier alpha value is -0.590. The van der Waals surface area contributed by atoms with Gasteiger partial charge in [-0.3, -0.25) is 0 Å². The van der Waals surface area contributed by atoms with Crippen molar-refractivity contribution in [3.63, 3.8) is 0 Å². The molecule has 0 aromatic rings. The van der Waals surface area contributed by atoms with Crippen LogP contribution in [0.1, 0.15) is 52.9 Å². The molecule has 0 aliphatic carbocycles. The van der Waals surface area contributed by atoms with E-state index >= 15 is 0 Å². The van der Waals surface area contributed by atoms with Crippen LogP contribution < -0.4 is 0 Å². The highest BCUT2D eigenvalue weighted by Gasteiger charge is 1.91. The van der Waals surface area contributed by atoms with Gasteiger partial charge in [-0.15, -0.1) is 0 Å². The van der Waals surface area contributed by atoms with Crippen LogP contribution in [0.2, 0.25) is 0 Å². The van der Waals surface area contributed by atoms with Gasteiger partial charge in [0.2, 0.25) is 0 Å². The molecule has 0 fully saturated rings. The van der Waals surface area contributed by atoms with E-state index in [1.54, 1.807) is 0 Å². The van der Waals surface area contributed by atoms with Crippen LogP contribution in [0.5, 0.6) is 0 Å². The third kappa shape index (κ3) is 7.52. The number of hydrogen-bond acceptors (Lipinski definition) is 1. The molecule has 12 heavy (non-hydrogen) atoms. The normalized spacial score (nSPS) is 11.8. The summed E-state index contributed by atoms with van der Waals surface area (Å²) in [6, 6.07) is 0. The zero-order valence-electron chi connectivity index (χ0n) is 8.61. The van der Waals surface area contributed by atoms with E-state index in [0.717, 1.165) is 25.0 Å². The molecule has 1 N–H and O–H groups in total. The van der Waals surface area contributed by atoms with Crippen molar-refractivity contribution in [2.24, 2.45) is 0 Å². The van der Waals surface area contributed by atoms with E-state index in [0.29, 0.717) is 0 Å². The summed E-state index contributed by atoms with van der Waals surface area (Å²) in [4.78, 5) is 0. The van der Waals surface area contributed by atoms with Crippen molar-refractivity contribution in [3.05, 3.63) is 11.6 Å². The molecule has 0 atom stereocenters. The third-order valence-electron chi connectivity index (χ3n) is 1.90. The van der Waals surface area contributed by atoms with Gasteiger partial charge in [0, 0.05) is 5.71 Å². The van der Waals surface area contributed by atoms with Crippen molar-refractivity contribution in [2.75, 3.05) is 0 Å². The number of nitrogens with one attached hydrogen (secondary N) is 1. The maximum absolute atomic E-state index is 7.26. The Morgan fingerprint density at radius 1 is 1.25 bits per heavy atom. The van der Waals surface area contributed by atoms with E-state index in [4.69, 9.17) is 5.41 Å². The Morgan fingerprint density at radius 2 is 1.92 bits per heavy atom. The van der Waals surface area contributed by atoms with Gasteiger partial charge >= 0.3 is 0 Å². The lowest BCUT2D eigenvalue weighted by molar-refractivity contribution is 0.834. The van der Waals surface area contributed by atoms with Gasteiger partial charge in [0.25, 0.3) is 0 Å². The molecule has 0 bridgehead atoms. The molecule has 0 aliphatic heterocycles. The average Bonchev–Trinajstić information content (AvgIpc) is 2.00. The first-order chi connectivity index (χ1) is 5.66. The van der Waals surface area contributed by atoms with Gasteiger partial charge in [-0.1, -0.05) is 25.0 Å². The summed E-state index contributed by atoms with van der Waals surface area (Å²) in [5, 5.41) is 7.26. The molecule has 0 saturated carbocycles. The fraction of sp³-hybridized carbons (Fsp3) is 0.727. The van der Waals surface area contributed by atoms with E-state index in [1.165, 1.54) is 18.4 Å². The van der Waals surface area contributed by atoms with Crippen LogP contribution in [0.4, 0.5) is 0 Å². The summed E-state index contributed by atoms with van der Waals surface area (Å²) in [6.07, 6.45) is 8.02. The van der Waals surface area contributed by atoms with Gasteiger partial charge in [-0.05, 0) is 39.5 Å². The molecule has 0 spiro atoms.